The number of benzene rings is 2. The van der Waals surface area contributed by atoms with Crippen LogP contribution in [0.4, 0.5) is 4.79 Å². The van der Waals surface area contributed by atoms with Gasteiger partial charge >= 0.3 is 6.09 Å². The zero-order valence-electron chi connectivity index (χ0n) is 18.3. The number of aryl methyl sites for hydroxylation is 1. The topological polar surface area (TPSA) is 108 Å². The molecular formula is C24H25N5O4. The van der Waals surface area contributed by atoms with E-state index in [2.05, 4.69) is 10.3 Å². The van der Waals surface area contributed by atoms with Crippen LogP contribution >= 0.6 is 0 Å². The standard InChI is InChI=1S/C24H25N5O4/c1-27-15-25-19-14-18(6-7-20(19)27)16-2-4-17(5-3-16)21(30)28-10-12-29(13-11-28)22(31)24(8-9-24)26-23(32)33/h2-7,14-15,26H,8-13H2,1H3,(H,32,33). The molecule has 0 spiro atoms. The SMILES string of the molecule is Cn1cnc2cc(-c3ccc(C(=O)N4CCN(C(=O)C5(NC(=O)O)CC5)CC4)cc3)ccc21. The van der Waals surface area contributed by atoms with Crippen molar-refractivity contribution < 1.29 is 19.5 Å². The van der Waals surface area contributed by atoms with E-state index in [0.29, 0.717) is 44.6 Å². The summed E-state index contributed by atoms with van der Waals surface area (Å²) in [5, 5.41) is 11.3. The molecule has 2 aliphatic rings. The lowest BCUT2D eigenvalue weighted by atomic mass is 10.0. The molecule has 33 heavy (non-hydrogen) atoms. The smallest absolute Gasteiger partial charge is 0.405 e. The van der Waals surface area contributed by atoms with Gasteiger partial charge < -0.3 is 24.8 Å². The van der Waals surface area contributed by atoms with E-state index in [0.717, 1.165) is 22.2 Å². The first-order valence-electron chi connectivity index (χ1n) is 11.0. The molecule has 2 fully saturated rings. The molecule has 170 valence electrons. The van der Waals surface area contributed by atoms with Gasteiger partial charge in [0.1, 0.15) is 5.54 Å². The van der Waals surface area contributed by atoms with Gasteiger partial charge in [-0.1, -0.05) is 18.2 Å². The lowest BCUT2D eigenvalue weighted by Gasteiger charge is -2.36. The second-order valence-corrected chi connectivity index (χ2v) is 8.73. The van der Waals surface area contributed by atoms with Crippen LogP contribution < -0.4 is 5.32 Å². The maximum Gasteiger partial charge on any atom is 0.405 e. The van der Waals surface area contributed by atoms with Gasteiger partial charge in [0.05, 0.1) is 17.4 Å². The molecule has 1 saturated carbocycles. The summed E-state index contributed by atoms with van der Waals surface area (Å²) in [5.41, 5.74) is 3.67. The van der Waals surface area contributed by atoms with Crippen LogP contribution in [0.5, 0.6) is 0 Å². The van der Waals surface area contributed by atoms with E-state index >= 15 is 0 Å². The number of carbonyl (C=O) groups excluding carboxylic acids is 2. The first-order chi connectivity index (χ1) is 15.9. The van der Waals surface area contributed by atoms with Gasteiger partial charge in [0.15, 0.2) is 0 Å². The van der Waals surface area contributed by atoms with Crippen LogP contribution in [0, 0.1) is 0 Å². The normalized spacial score (nSPS) is 17.1. The maximum absolute atomic E-state index is 13.0. The molecule has 1 saturated heterocycles. The zero-order chi connectivity index (χ0) is 23.2. The van der Waals surface area contributed by atoms with E-state index in [4.69, 9.17) is 5.11 Å². The number of rotatable bonds is 4. The molecule has 2 heterocycles. The summed E-state index contributed by atoms with van der Waals surface area (Å²) in [6.45, 7) is 1.64. The third-order valence-corrected chi connectivity index (χ3v) is 6.55. The molecule has 1 aromatic heterocycles. The lowest BCUT2D eigenvalue weighted by Crippen LogP contribution is -2.56. The highest BCUT2D eigenvalue weighted by molar-refractivity contribution is 5.96. The van der Waals surface area contributed by atoms with Gasteiger partial charge in [0, 0.05) is 38.8 Å². The summed E-state index contributed by atoms with van der Waals surface area (Å²) in [4.78, 5) is 44.5. The molecule has 0 unspecified atom stereocenters. The largest absolute Gasteiger partial charge is 0.465 e. The summed E-state index contributed by atoms with van der Waals surface area (Å²) in [5.74, 6) is -0.259. The number of nitrogens with zero attached hydrogens (tertiary/aromatic N) is 4. The molecule has 2 aromatic carbocycles. The monoisotopic (exact) mass is 447 g/mol. The number of amides is 3. The Balaban J connectivity index is 1.22. The summed E-state index contributed by atoms with van der Waals surface area (Å²) >= 11 is 0. The summed E-state index contributed by atoms with van der Waals surface area (Å²) in [7, 11) is 1.96. The van der Waals surface area contributed by atoms with Crippen molar-refractivity contribution in [3.05, 3.63) is 54.4 Å². The van der Waals surface area contributed by atoms with E-state index in [-0.39, 0.29) is 11.8 Å². The summed E-state index contributed by atoms with van der Waals surface area (Å²) < 4.78 is 1.97. The Hall–Kier alpha value is -3.88. The number of piperazine rings is 1. The van der Waals surface area contributed by atoms with Crippen LogP contribution in [0.2, 0.25) is 0 Å². The van der Waals surface area contributed by atoms with Gasteiger partial charge in [0.25, 0.3) is 5.91 Å². The van der Waals surface area contributed by atoms with E-state index in [9.17, 15) is 14.4 Å². The first-order valence-corrected chi connectivity index (χ1v) is 11.0. The second kappa shape index (κ2) is 7.91. The Morgan fingerprint density at radius 3 is 2.21 bits per heavy atom. The van der Waals surface area contributed by atoms with Gasteiger partial charge in [-0.2, -0.15) is 0 Å². The molecule has 9 nitrogen and oxygen atoms in total. The summed E-state index contributed by atoms with van der Waals surface area (Å²) in [6, 6.07) is 13.6. The Labute approximate surface area is 190 Å². The van der Waals surface area contributed by atoms with Crippen molar-refractivity contribution in [3.8, 4) is 11.1 Å². The molecule has 2 N–H and O–H groups in total. The van der Waals surface area contributed by atoms with Crippen LogP contribution in [0.3, 0.4) is 0 Å². The Bertz CT molecular complexity index is 1240. The molecule has 3 amide bonds. The predicted octanol–water partition coefficient (Wildman–Crippen LogP) is 2.32. The molecule has 0 bridgehead atoms. The van der Waals surface area contributed by atoms with Gasteiger partial charge in [-0.25, -0.2) is 9.78 Å². The highest BCUT2D eigenvalue weighted by atomic mass is 16.4. The number of hydrogen-bond donors (Lipinski definition) is 2. The van der Waals surface area contributed by atoms with Crippen molar-refractivity contribution in [1.82, 2.24) is 24.7 Å². The number of carbonyl (C=O) groups is 3. The molecule has 5 rings (SSSR count). The molecule has 3 aromatic rings. The third-order valence-electron chi connectivity index (χ3n) is 6.55. The van der Waals surface area contributed by atoms with Crippen LogP contribution in [-0.2, 0) is 11.8 Å². The Kier molecular flexibility index (Phi) is 5.03. The zero-order valence-corrected chi connectivity index (χ0v) is 18.3. The highest BCUT2D eigenvalue weighted by Gasteiger charge is 2.53. The molecule has 1 aliphatic carbocycles. The van der Waals surface area contributed by atoms with Crippen LogP contribution in [0.1, 0.15) is 23.2 Å². The van der Waals surface area contributed by atoms with Crippen LogP contribution in [0.15, 0.2) is 48.8 Å². The van der Waals surface area contributed by atoms with E-state index in [1.807, 2.05) is 54.1 Å². The van der Waals surface area contributed by atoms with Crippen molar-refractivity contribution in [3.63, 3.8) is 0 Å². The van der Waals surface area contributed by atoms with Crippen molar-refractivity contribution in [2.45, 2.75) is 18.4 Å². The van der Waals surface area contributed by atoms with Crippen molar-refractivity contribution in [1.29, 1.82) is 0 Å². The number of hydrogen-bond acceptors (Lipinski definition) is 4. The minimum absolute atomic E-state index is 0.0707. The van der Waals surface area contributed by atoms with E-state index < -0.39 is 11.6 Å². The highest BCUT2D eigenvalue weighted by Crippen LogP contribution is 2.37. The van der Waals surface area contributed by atoms with Gasteiger partial charge in [-0.3, -0.25) is 9.59 Å². The number of aromatic nitrogens is 2. The van der Waals surface area contributed by atoms with Crippen molar-refractivity contribution >= 4 is 28.9 Å². The number of nitrogens with one attached hydrogen (secondary N) is 1. The first kappa shape index (κ1) is 21.0. The predicted molar refractivity (Wildman–Crippen MR) is 122 cm³/mol. The molecule has 0 atom stereocenters. The second-order valence-electron chi connectivity index (χ2n) is 8.73. The number of fused-ring (bicyclic) bond motifs is 1. The van der Waals surface area contributed by atoms with Crippen molar-refractivity contribution in [2.75, 3.05) is 26.2 Å². The van der Waals surface area contributed by atoms with E-state index in [1.54, 1.807) is 16.1 Å². The molecule has 0 radical (unpaired) electrons. The fourth-order valence-corrected chi connectivity index (χ4v) is 4.44. The minimum atomic E-state index is -1.18. The lowest BCUT2D eigenvalue weighted by molar-refractivity contribution is -0.135. The average molecular weight is 447 g/mol. The number of imidazole rings is 1. The third kappa shape index (κ3) is 3.90. The maximum atomic E-state index is 13.0. The minimum Gasteiger partial charge on any atom is -0.465 e. The van der Waals surface area contributed by atoms with Gasteiger partial charge in [0.2, 0.25) is 5.91 Å². The Morgan fingerprint density at radius 2 is 1.58 bits per heavy atom. The molecular weight excluding hydrogens is 422 g/mol. The van der Waals surface area contributed by atoms with Crippen molar-refractivity contribution in [2.24, 2.45) is 7.05 Å². The molecule has 1 aliphatic heterocycles. The van der Waals surface area contributed by atoms with Gasteiger partial charge in [-0.15, -0.1) is 0 Å². The molecule has 9 heteroatoms. The Morgan fingerprint density at radius 1 is 0.939 bits per heavy atom. The fraction of sp³-hybridized carbons (Fsp3) is 0.333. The number of carboxylic acid groups (broad SMARTS) is 1. The van der Waals surface area contributed by atoms with Crippen LogP contribution in [0.25, 0.3) is 22.2 Å². The average Bonchev–Trinajstić information content (AvgIpc) is 3.52. The fourth-order valence-electron chi connectivity index (χ4n) is 4.44. The quantitative estimate of drug-likeness (QED) is 0.638. The summed E-state index contributed by atoms with van der Waals surface area (Å²) in [6.07, 6.45) is 1.66. The van der Waals surface area contributed by atoms with Gasteiger partial charge in [-0.05, 0) is 48.2 Å². The van der Waals surface area contributed by atoms with Crippen LogP contribution in [-0.4, -0.2) is 74.1 Å². The van der Waals surface area contributed by atoms with E-state index in [1.165, 1.54) is 0 Å².